The molecule has 2 fully saturated rings. The maximum atomic E-state index is 10.1. The summed E-state index contributed by atoms with van der Waals surface area (Å²) in [5.41, 5.74) is 4.83. The third-order valence-electron chi connectivity index (χ3n) is 6.25. The standard InChI is InChI=1S/C25H32O4/c1-17-6-9-19(25-15-21(27)14-24(16-26)29-25)13-20(17)12-18-7-10-23(11-8-18)28-22-4-2-3-5-22/h6-11,13,21-22,24-27H,2-5,12,14-16H2,1H3/t21-,24-,25+/m0/s1. The van der Waals surface area contributed by atoms with Crippen LogP contribution in [-0.4, -0.2) is 35.1 Å². The van der Waals surface area contributed by atoms with Crippen LogP contribution in [0, 0.1) is 6.92 Å². The highest BCUT2D eigenvalue weighted by molar-refractivity contribution is 5.38. The van der Waals surface area contributed by atoms with Crippen LogP contribution >= 0.6 is 0 Å². The van der Waals surface area contributed by atoms with E-state index < -0.39 is 6.10 Å². The van der Waals surface area contributed by atoms with Gasteiger partial charge in [-0.25, -0.2) is 0 Å². The van der Waals surface area contributed by atoms with E-state index >= 15 is 0 Å². The number of rotatable bonds is 6. The minimum absolute atomic E-state index is 0.0540. The maximum Gasteiger partial charge on any atom is 0.119 e. The van der Waals surface area contributed by atoms with Crippen LogP contribution in [0.3, 0.4) is 0 Å². The normalized spacial score (nSPS) is 25.3. The Morgan fingerprint density at radius 2 is 1.79 bits per heavy atom. The van der Waals surface area contributed by atoms with Crippen LogP contribution in [0.4, 0.5) is 0 Å². The predicted octanol–water partition coefficient (Wildman–Crippen LogP) is 4.48. The Balaban J connectivity index is 1.45. The molecule has 2 aromatic carbocycles. The molecule has 1 aliphatic heterocycles. The van der Waals surface area contributed by atoms with Crippen LogP contribution in [-0.2, 0) is 11.2 Å². The van der Waals surface area contributed by atoms with Crippen LogP contribution < -0.4 is 4.74 Å². The van der Waals surface area contributed by atoms with E-state index in [9.17, 15) is 10.2 Å². The quantitative estimate of drug-likeness (QED) is 0.756. The van der Waals surface area contributed by atoms with Crippen molar-refractivity contribution in [3.05, 3.63) is 64.7 Å². The van der Waals surface area contributed by atoms with Crippen LogP contribution in [0.1, 0.15) is 66.9 Å². The molecule has 0 amide bonds. The number of hydrogen-bond acceptors (Lipinski definition) is 4. The summed E-state index contributed by atoms with van der Waals surface area (Å²) in [5, 5.41) is 19.6. The molecule has 4 nitrogen and oxygen atoms in total. The summed E-state index contributed by atoms with van der Waals surface area (Å²) in [6, 6.07) is 14.9. The van der Waals surface area contributed by atoms with E-state index in [1.807, 2.05) is 0 Å². The second-order valence-corrected chi connectivity index (χ2v) is 8.59. The van der Waals surface area contributed by atoms with E-state index in [4.69, 9.17) is 9.47 Å². The van der Waals surface area contributed by atoms with Crippen LogP contribution in [0.25, 0.3) is 0 Å². The molecule has 0 bridgehead atoms. The Kier molecular flexibility index (Phi) is 6.53. The molecule has 2 aromatic rings. The Hall–Kier alpha value is -1.88. The summed E-state index contributed by atoms with van der Waals surface area (Å²) in [7, 11) is 0. The fraction of sp³-hybridized carbons (Fsp3) is 0.520. The molecule has 4 heteroatoms. The summed E-state index contributed by atoms with van der Waals surface area (Å²) < 4.78 is 12.1. The summed E-state index contributed by atoms with van der Waals surface area (Å²) in [6.07, 6.45) is 6.31. The van der Waals surface area contributed by atoms with Gasteiger partial charge in [0.15, 0.2) is 0 Å². The molecule has 1 saturated carbocycles. The molecule has 1 heterocycles. The van der Waals surface area contributed by atoms with Crippen LogP contribution in [0.2, 0.25) is 0 Å². The molecule has 1 aliphatic carbocycles. The average Bonchev–Trinajstić information content (AvgIpc) is 3.23. The molecule has 2 aliphatic rings. The number of aryl methyl sites for hydroxylation is 1. The van der Waals surface area contributed by atoms with Crippen molar-refractivity contribution in [2.24, 2.45) is 0 Å². The molecule has 4 rings (SSSR count). The first-order valence-corrected chi connectivity index (χ1v) is 10.9. The first-order valence-electron chi connectivity index (χ1n) is 10.9. The number of hydrogen-bond donors (Lipinski definition) is 2. The Bertz CT molecular complexity index is 795. The molecular formula is C25H32O4. The second-order valence-electron chi connectivity index (χ2n) is 8.59. The SMILES string of the molecule is Cc1ccc([C@H]2C[C@@H](O)C[C@@H](CO)O2)cc1Cc1ccc(OC2CCCC2)cc1. The van der Waals surface area contributed by atoms with E-state index in [-0.39, 0.29) is 18.8 Å². The number of ether oxygens (including phenoxy) is 2. The fourth-order valence-corrected chi connectivity index (χ4v) is 4.51. The molecule has 0 spiro atoms. The Morgan fingerprint density at radius 1 is 1.03 bits per heavy atom. The zero-order valence-electron chi connectivity index (χ0n) is 17.2. The lowest BCUT2D eigenvalue weighted by Gasteiger charge is -2.32. The third kappa shape index (κ3) is 5.19. The number of benzene rings is 2. The van der Waals surface area contributed by atoms with Gasteiger partial charge in [0, 0.05) is 12.8 Å². The van der Waals surface area contributed by atoms with Gasteiger partial charge in [-0.1, -0.05) is 30.3 Å². The van der Waals surface area contributed by atoms with E-state index in [0.717, 1.165) is 17.7 Å². The largest absolute Gasteiger partial charge is 0.490 e. The van der Waals surface area contributed by atoms with Crippen LogP contribution in [0.15, 0.2) is 42.5 Å². The predicted molar refractivity (Wildman–Crippen MR) is 113 cm³/mol. The van der Waals surface area contributed by atoms with E-state index in [0.29, 0.717) is 18.9 Å². The second kappa shape index (κ2) is 9.29. The van der Waals surface area contributed by atoms with Gasteiger partial charge in [-0.15, -0.1) is 0 Å². The topological polar surface area (TPSA) is 58.9 Å². The maximum absolute atomic E-state index is 10.1. The smallest absolute Gasteiger partial charge is 0.119 e. The van der Waals surface area contributed by atoms with Gasteiger partial charge >= 0.3 is 0 Å². The zero-order valence-corrected chi connectivity index (χ0v) is 17.2. The first kappa shape index (κ1) is 20.4. The molecule has 0 unspecified atom stereocenters. The number of aliphatic hydroxyl groups excluding tert-OH is 2. The highest BCUT2D eigenvalue weighted by Gasteiger charge is 2.29. The average molecular weight is 397 g/mol. The van der Waals surface area contributed by atoms with E-state index in [1.54, 1.807) is 0 Å². The molecule has 0 radical (unpaired) electrons. The van der Waals surface area contributed by atoms with Gasteiger partial charge in [0.25, 0.3) is 0 Å². The van der Waals surface area contributed by atoms with E-state index in [2.05, 4.69) is 49.4 Å². The van der Waals surface area contributed by atoms with Crippen LogP contribution in [0.5, 0.6) is 5.75 Å². The monoisotopic (exact) mass is 396 g/mol. The fourth-order valence-electron chi connectivity index (χ4n) is 4.51. The molecule has 3 atom stereocenters. The van der Waals surface area contributed by atoms with Gasteiger partial charge in [0.05, 0.1) is 31.0 Å². The van der Waals surface area contributed by atoms with Crippen molar-refractivity contribution >= 4 is 0 Å². The summed E-state index contributed by atoms with van der Waals surface area (Å²) >= 11 is 0. The molecule has 1 saturated heterocycles. The molecular weight excluding hydrogens is 364 g/mol. The van der Waals surface area contributed by atoms with Crippen molar-refractivity contribution in [1.82, 2.24) is 0 Å². The van der Waals surface area contributed by atoms with E-state index in [1.165, 1.54) is 42.4 Å². The van der Waals surface area contributed by atoms with Gasteiger partial charge in [-0.3, -0.25) is 0 Å². The summed E-state index contributed by atoms with van der Waals surface area (Å²) in [6.45, 7) is 2.07. The number of aliphatic hydroxyl groups is 2. The van der Waals surface area contributed by atoms with Gasteiger partial charge in [0.2, 0.25) is 0 Å². The van der Waals surface area contributed by atoms with Crippen molar-refractivity contribution in [1.29, 1.82) is 0 Å². The molecule has 29 heavy (non-hydrogen) atoms. The van der Waals surface area contributed by atoms with Gasteiger partial charge in [0.1, 0.15) is 5.75 Å². The van der Waals surface area contributed by atoms with Gasteiger partial charge in [-0.05, 0) is 73.4 Å². The minimum Gasteiger partial charge on any atom is -0.490 e. The minimum atomic E-state index is -0.428. The van der Waals surface area contributed by atoms with Crippen molar-refractivity contribution in [3.63, 3.8) is 0 Å². The summed E-state index contributed by atoms with van der Waals surface area (Å²) in [5.74, 6) is 0.964. The Morgan fingerprint density at radius 3 is 2.52 bits per heavy atom. The Labute approximate surface area is 173 Å². The van der Waals surface area contributed by atoms with Crippen molar-refractivity contribution in [3.8, 4) is 5.75 Å². The lowest BCUT2D eigenvalue weighted by Crippen LogP contribution is -2.33. The van der Waals surface area contributed by atoms with Gasteiger partial charge in [-0.2, -0.15) is 0 Å². The highest BCUT2D eigenvalue weighted by Crippen LogP contribution is 2.33. The summed E-state index contributed by atoms with van der Waals surface area (Å²) in [4.78, 5) is 0. The van der Waals surface area contributed by atoms with Crippen molar-refractivity contribution in [2.45, 2.75) is 76.3 Å². The third-order valence-corrected chi connectivity index (χ3v) is 6.25. The first-order chi connectivity index (χ1) is 14.1. The highest BCUT2D eigenvalue weighted by atomic mass is 16.5. The van der Waals surface area contributed by atoms with Gasteiger partial charge < -0.3 is 19.7 Å². The lowest BCUT2D eigenvalue weighted by molar-refractivity contribution is -0.113. The van der Waals surface area contributed by atoms with Crippen molar-refractivity contribution in [2.75, 3.05) is 6.61 Å². The van der Waals surface area contributed by atoms with Crippen molar-refractivity contribution < 1.29 is 19.7 Å². The molecule has 0 aromatic heterocycles. The molecule has 2 N–H and O–H groups in total. The zero-order chi connectivity index (χ0) is 20.2. The lowest BCUT2D eigenvalue weighted by atomic mass is 9.92. The molecule has 156 valence electrons.